The van der Waals surface area contributed by atoms with Crippen LogP contribution in [0.5, 0.6) is 0 Å². The van der Waals surface area contributed by atoms with Crippen molar-refractivity contribution in [2.75, 3.05) is 19.3 Å². The highest BCUT2D eigenvalue weighted by atomic mass is 32.2. The minimum atomic E-state index is -2.92. The summed E-state index contributed by atoms with van der Waals surface area (Å²) in [6.45, 7) is 1.36. The van der Waals surface area contributed by atoms with Gasteiger partial charge in [0.05, 0.1) is 6.26 Å². The Hall–Kier alpha value is 0.340. The third-order valence-corrected chi connectivity index (χ3v) is 3.47. The van der Waals surface area contributed by atoms with Gasteiger partial charge in [-0.05, 0) is 12.1 Å². The molecule has 1 heterocycles. The molecule has 2 unspecified atom stereocenters. The van der Waals surface area contributed by atoms with Gasteiger partial charge in [0.25, 0.3) is 0 Å². The summed E-state index contributed by atoms with van der Waals surface area (Å²) >= 11 is 0. The van der Waals surface area contributed by atoms with E-state index >= 15 is 0 Å². The van der Waals surface area contributed by atoms with Crippen LogP contribution in [0.4, 0.5) is 0 Å². The normalized spacial score (nSPS) is 29.2. The molecule has 0 bridgehead atoms. The maximum Gasteiger partial charge on any atom is 0.211 e. The largest absolute Gasteiger partial charge is 0.213 e. The van der Waals surface area contributed by atoms with Crippen molar-refractivity contribution in [3.05, 3.63) is 0 Å². The fourth-order valence-corrected chi connectivity index (χ4v) is 2.51. The van der Waals surface area contributed by atoms with Crippen molar-refractivity contribution in [1.82, 2.24) is 4.31 Å². The van der Waals surface area contributed by atoms with Crippen LogP contribution >= 0.6 is 9.24 Å². The lowest BCUT2D eigenvalue weighted by Gasteiger charge is -2.10. The zero-order valence-electron chi connectivity index (χ0n) is 5.95. The number of sulfonamides is 1. The maximum absolute atomic E-state index is 10.9. The second-order valence-corrected chi connectivity index (χ2v) is 5.60. The van der Waals surface area contributed by atoms with E-state index in [1.54, 1.807) is 0 Å². The van der Waals surface area contributed by atoms with Crippen molar-refractivity contribution in [2.45, 2.75) is 12.1 Å². The van der Waals surface area contributed by atoms with Crippen molar-refractivity contribution in [3.8, 4) is 0 Å². The molecule has 1 saturated heterocycles. The number of hydrogen-bond acceptors (Lipinski definition) is 2. The van der Waals surface area contributed by atoms with Crippen LogP contribution in [0, 0.1) is 0 Å². The Morgan fingerprint density at radius 2 is 2.20 bits per heavy atom. The molecule has 1 fully saturated rings. The number of nitrogens with zero attached hydrogens (tertiary/aromatic N) is 1. The van der Waals surface area contributed by atoms with Gasteiger partial charge in [0.15, 0.2) is 0 Å². The Kier molecular flexibility index (Phi) is 2.33. The smallest absolute Gasteiger partial charge is 0.211 e. The summed E-state index contributed by atoms with van der Waals surface area (Å²) in [5.41, 5.74) is 0.453. The second-order valence-electron chi connectivity index (χ2n) is 2.67. The van der Waals surface area contributed by atoms with Gasteiger partial charge in [0.1, 0.15) is 0 Å². The Morgan fingerprint density at radius 1 is 1.60 bits per heavy atom. The molecule has 0 radical (unpaired) electrons. The molecule has 5 heteroatoms. The van der Waals surface area contributed by atoms with Gasteiger partial charge < -0.3 is 0 Å². The van der Waals surface area contributed by atoms with E-state index in [4.69, 9.17) is 0 Å². The topological polar surface area (TPSA) is 37.4 Å². The fourth-order valence-electron chi connectivity index (χ4n) is 1.06. The van der Waals surface area contributed by atoms with Gasteiger partial charge in [-0.25, -0.2) is 12.7 Å². The lowest BCUT2D eigenvalue weighted by atomic mass is 10.4. The van der Waals surface area contributed by atoms with Crippen LogP contribution in [0.15, 0.2) is 0 Å². The van der Waals surface area contributed by atoms with Gasteiger partial charge in [-0.1, -0.05) is 0 Å². The van der Waals surface area contributed by atoms with Crippen LogP contribution in [0.1, 0.15) is 6.42 Å². The van der Waals surface area contributed by atoms with E-state index in [0.717, 1.165) is 6.42 Å². The summed E-state index contributed by atoms with van der Waals surface area (Å²) < 4.78 is 23.3. The Labute approximate surface area is 64.0 Å². The predicted molar refractivity (Wildman–Crippen MR) is 44.5 cm³/mol. The fraction of sp³-hybridized carbons (Fsp3) is 1.00. The van der Waals surface area contributed by atoms with E-state index in [-0.39, 0.29) is 0 Å². The molecule has 1 aliphatic heterocycles. The summed E-state index contributed by atoms with van der Waals surface area (Å²) in [5.74, 6) is 0. The molecule has 3 nitrogen and oxygen atoms in total. The van der Waals surface area contributed by atoms with E-state index in [1.165, 1.54) is 10.6 Å². The van der Waals surface area contributed by atoms with E-state index < -0.39 is 10.0 Å². The van der Waals surface area contributed by atoms with Gasteiger partial charge in [-0.15, -0.1) is 9.24 Å². The van der Waals surface area contributed by atoms with Gasteiger partial charge in [-0.2, -0.15) is 0 Å². The van der Waals surface area contributed by atoms with E-state index in [9.17, 15) is 8.42 Å². The zero-order valence-corrected chi connectivity index (χ0v) is 7.92. The van der Waals surface area contributed by atoms with Gasteiger partial charge in [0.2, 0.25) is 10.0 Å². The molecule has 10 heavy (non-hydrogen) atoms. The van der Waals surface area contributed by atoms with E-state index in [1.807, 2.05) is 0 Å². The molecule has 0 aromatic rings. The molecule has 1 aliphatic rings. The third-order valence-electron chi connectivity index (χ3n) is 1.66. The van der Waals surface area contributed by atoms with Crippen molar-refractivity contribution in [1.29, 1.82) is 0 Å². The summed E-state index contributed by atoms with van der Waals surface area (Å²) in [4.78, 5) is 0. The van der Waals surface area contributed by atoms with E-state index in [2.05, 4.69) is 9.24 Å². The number of rotatable bonds is 1. The molecule has 0 amide bonds. The minimum Gasteiger partial charge on any atom is -0.213 e. The minimum absolute atomic E-state index is 0.453. The summed E-state index contributed by atoms with van der Waals surface area (Å²) in [5, 5.41) is 0. The molecular formula is C5H12NO2PS. The maximum atomic E-state index is 10.9. The first-order valence-electron chi connectivity index (χ1n) is 3.21. The van der Waals surface area contributed by atoms with Crippen molar-refractivity contribution in [2.24, 2.45) is 0 Å². The van der Waals surface area contributed by atoms with E-state index in [0.29, 0.717) is 18.7 Å². The molecule has 0 aliphatic carbocycles. The number of hydrogen-bond donors (Lipinski definition) is 0. The summed E-state index contributed by atoms with van der Waals surface area (Å²) in [6, 6.07) is 0. The van der Waals surface area contributed by atoms with Crippen molar-refractivity contribution >= 4 is 19.3 Å². The monoisotopic (exact) mass is 181 g/mol. The molecule has 0 spiro atoms. The molecule has 1 rings (SSSR count). The first kappa shape index (κ1) is 8.44. The Morgan fingerprint density at radius 3 is 2.40 bits per heavy atom. The highest BCUT2D eigenvalue weighted by Crippen LogP contribution is 2.18. The average Bonchev–Trinajstić information content (AvgIpc) is 2.11. The molecule has 60 valence electrons. The Balaban J connectivity index is 2.62. The first-order valence-corrected chi connectivity index (χ1v) is 5.72. The van der Waals surface area contributed by atoms with Gasteiger partial charge >= 0.3 is 0 Å². The molecule has 2 atom stereocenters. The van der Waals surface area contributed by atoms with Crippen molar-refractivity contribution in [3.63, 3.8) is 0 Å². The van der Waals surface area contributed by atoms with Crippen LogP contribution < -0.4 is 0 Å². The Bertz CT molecular complexity index is 214. The molecular weight excluding hydrogens is 169 g/mol. The second kappa shape index (κ2) is 2.76. The van der Waals surface area contributed by atoms with Crippen LogP contribution in [-0.4, -0.2) is 37.7 Å². The highest BCUT2D eigenvalue weighted by molar-refractivity contribution is 7.88. The summed E-state index contributed by atoms with van der Waals surface area (Å²) in [6.07, 6.45) is 2.23. The third kappa shape index (κ3) is 1.91. The lowest BCUT2D eigenvalue weighted by molar-refractivity contribution is 0.484. The van der Waals surface area contributed by atoms with Crippen molar-refractivity contribution < 1.29 is 8.42 Å². The standard InChI is InChI=1S/C5H12NO2PS/c1-10(7,8)6-3-2-5(9)4-6/h5H,2-4,9H2,1H3. The van der Waals surface area contributed by atoms with Crippen LogP contribution in [-0.2, 0) is 10.0 Å². The summed E-state index contributed by atoms with van der Waals surface area (Å²) in [7, 11) is -0.267. The quantitative estimate of drug-likeness (QED) is 0.529. The van der Waals surface area contributed by atoms with Crippen LogP contribution in [0.3, 0.4) is 0 Å². The average molecular weight is 181 g/mol. The highest BCUT2D eigenvalue weighted by Gasteiger charge is 2.25. The zero-order chi connectivity index (χ0) is 7.78. The van der Waals surface area contributed by atoms with Crippen LogP contribution in [0.25, 0.3) is 0 Å². The molecule has 0 N–H and O–H groups in total. The SMILES string of the molecule is CS(=O)(=O)N1CCC(P)C1. The molecule has 0 saturated carbocycles. The molecule has 0 aromatic carbocycles. The first-order chi connectivity index (χ1) is 4.50. The van der Waals surface area contributed by atoms with Crippen LogP contribution in [0.2, 0.25) is 0 Å². The molecule has 0 aromatic heterocycles. The van der Waals surface area contributed by atoms with Gasteiger partial charge in [0, 0.05) is 13.1 Å². The predicted octanol–water partition coefficient (Wildman–Crippen LogP) is -0.105. The van der Waals surface area contributed by atoms with Gasteiger partial charge in [-0.3, -0.25) is 0 Å². The lowest BCUT2D eigenvalue weighted by Crippen LogP contribution is -2.27.